The van der Waals surface area contributed by atoms with Crippen molar-refractivity contribution < 1.29 is 12.9 Å². The van der Waals surface area contributed by atoms with Gasteiger partial charge in [0.2, 0.25) is 10.0 Å². The minimum Gasteiger partial charge on any atom is -0.360 e. The van der Waals surface area contributed by atoms with Crippen molar-refractivity contribution in [1.82, 2.24) is 14.4 Å². The summed E-state index contributed by atoms with van der Waals surface area (Å²) in [5.74, 6) is 0.819. The molecule has 0 amide bonds. The molecule has 0 spiro atoms. The smallest absolute Gasteiger partial charge is 0.243 e. The number of sulfonamides is 1. The van der Waals surface area contributed by atoms with Crippen LogP contribution in [0.5, 0.6) is 0 Å². The fourth-order valence-corrected chi connectivity index (χ4v) is 5.53. The average Bonchev–Trinajstić information content (AvgIpc) is 2.98. The van der Waals surface area contributed by atoms with E-state index in [-0.39, 0.29) is 0 Å². The van der Waals surface area contributed by atoms with Crippen LogP contribution in [0.1, 0.15) is 33.7 Å². The van der Waals surface area contributed by atoms with Crippen LogP contribution in [0.2, 0.25) is 0 Å². The lowest BCUT2D eigenvalue weighted by atomic mass is 10.0. The lowest BCUT2D eigenvalue weighted by Crippen LogP contribution is -2.48. The molecule has 1 fully saturated rings. The summed E-state index contributed by atoms with van der Waals surface area (Å²) < 4.78 is 33.4. The van der Waals surface area contributed by atoms with Gasteiger partial charge in [-0.2, -0.15) is 4.31 Å². The predicted molar refractivity (Wildman–Crippen MR) is 101 cm³/mol. The van der Waals surface area contributed by atoms with E-state index in [0.717, 1.165) is 33.7 Å². The molecule has 7 heteroatoms. The molecule has 6 nitrogen and oxygen atoms in total. The van der Waals surface area contributed by atoms with Crippen LogP contribution in [0, 0.1) is 34.6 Å². The van der Waals surface area contributed by atoms with E-state index in [2.05, 4.69) is 16.1 Å². The Hall–Kier alpha value is -1.70. The number of hydrogen-bond acceptors (Lipinski definition) is 5. The van der Waals surface area contributed by atoms with Crippen LogP contribution in [0.25, 0.3) is 0 Å². The Kier molecular flexibility index (Phi) is 5.23. The number of aryl methyl sites for hydroxylation is 3. The molecule has 2 heterocycles. The minimum atomic E-state index is -3.49. The molecule has 0 unspecified atom stereocenters. The van der Waals surface area contributed by atoms with Gasteiger partial charge in [0.15, 0.2) is 5.76 Å². The molecule has 0 aliphatic carbocycles. The Bertz CT molecular complexity index is 884. The van der Waals surface area contributed by atoms with Gasteiger partial charge in [0.05, 0.1) is 17.1 Å². The maximum Gasteiger partial charge on any atom is 0.243 e. The molecule has 1 aliphatic rings. The van der Waals surface area contributed by atoms with Crippen molar-refractivity contribution in [1.29, 1.82) is 0 Å². The number of piperazine rings is 1. The van der Waals surface area contributed by atoms with Gasteiger partial charge in [0.1, 0.15) is 0 Å². The van der Waals surface area contributed by atoms with Gasteiger partial charge in [-0.25, -0.2) is 8.42 Å². The number of hydrogen-bond donors (Lipinski definition) is 0. The van der Waals surface area contributed by atoms with Crippen LogP contribution in [0.3, 0.4) is 0 Å². The molecule has 3 rings (SSSR count). The number of rotatable bonds is 4. The number of benzene rings is 1. The van der Waals surface area contributed by atoms with Crippen molar-refractivity contribution >= 4 is 10.0 Å². The quantitative estimate of drug-likeness (QED) is 0.820. The van der Waals surface area contributed by atoms with Crippen molar-refractivity contribution in [3.63, 3.8) is 0 Å². The molecule has 1 aromatic carbocycles. The summed E-state index contributed by atoms with van der Waals surface area (Å²) >= 11 is 0. The molecule has 26 heavy (non-hydrogen) atoms. The third kappa shape index (κ3) is 3.56. The van der Waals surface area contributed by atoms with Crippen LogP contribution in [0.4, 0.5) is 0 Å². The summed E-state index contributed by atoms with van der Waals surface area (Å²) in [6.45, 7) is 12.6. The molecule has 1 aliphatic heterocycles. The van der Waals surface area contributed by atoms with Crippen molar-refractivity contribution in [2.24, 2.45) is 0 Å². The van der Waals surface area contributed by atoms with Gasteiger partial charge in [-0.1, -0.05) is 11.2 Å². The van der Waals surface area contributed by atoms with Gasteiger partial charge in [0.25, 0.3) is 0 Å². The first-order valence-electron chi connectivity index (χ1n) is 8.92. The van der Waals surface area contributed by atoms with Crippen molar-refractivity contribution in [2.75, 3.05) is 26.2 Å². The number of nitrogens with zero attached hydrogens (tertiary/aromatic N) is 3. The summed E-state index contributed by atoms with van der Waals surface area (Å²) in [6, 6.07) is 3.98. The lowest BCUT2D eigenvalue weighted by Gasteiger charge is -2.34. The van der Waals surface area contributed by atoms with Crippen molar-refractivity contribution in [2.45, 2.75) is 46.1 Å². The Morgan fingerprint density at radius 3 is 2.04 bits per heavy atom. The second-order valence-corrected chi connectivity index (χ2v) is 9.08. The van der Waals surface area contributed by atoms with Crippen molar-refractivity contribution in [3.8, 4) is 0 Å². The van der Waals surface area contributed by atoms with Gasteiger partial charge < -0.3 is 4.52 Å². The summed E-state index contributed by atoms with van der Waals surface area (Å²) in [5, 5.41) is 3.90. The molecule has 142 valence electrons. The van der Waals surface area contributed by atoms with E-state index in [4.69, 9.17) is 4.52 Å². The zero-order valence-electron chi connectivity index (χ0n) is 16.2. The number of aromatic nitrogens is 1. The second kappa shape index (κ2) is 7.13. The average molecular weight is 378 g/mol. The monoisotopic (exact) mass is 377 g/mol. The van der Waals surface area contributed by atoms with E-state index in [0.29, 0.717) is 37.6 Å². The van der Waals surface area contributed by atoms with E-state index >= 15 is 0 Å². The molecule has 1 aromatic heterocycles. The molecule has 0 saturated carbocycles. The first-order valence-corrected chi connectivity index (χ1v) is 10.4. The SMILES string of the molecule is Cc1cc(CN2CCN(S(=O)(=O)c3c(C)c(C)cc(C)c3C)CC2)on1. The van der Waals surface area contributed by atoms with E-state index in [1.165, 1.54) is 0 Å². The van der Waals surface area contributed by atoms with Crippen LogP contribution in [-0.4, -0.2) is 49.0 Å². The first-order chi connectivity index (χ1) is 12.2. The van der Waals surface area contributed by atoms with Crippen LogP contribution >= 0.6 is 0 Å². The topological polar surface area (TPSA) is 66.7 Å². The lowest BCUT2D eigenvalue weighted by molar-refractivity contribution is 0.166. The molecule has 2 aromatic rings. The highest BCUT2D eigenvalue weighted by Crippen LogP contribution is 2.29. The molecule has 1 saturated heterocycles. The highest BCUT2D eigenvalue weighted by molar-refractivity contribution is 7.89. The molecule has 0 atom stereocenters. The van der Waals surface area contributed by atoms with E-state index in [1.54, 1.807) is 4.31 Å². The van der Waals surface area contributed by atoms with Crippen LogP contribution in [-0.2, 0) is 16.6 Å². The highest BCUT2D eigenvalue weighted by atomic mass is 32.2. The normalized spacial score (nSPS) is 17.0. The maximum atomic E-state index is 13.3. The molecule has 0 radical (unpaired) electrons. The summed E-state index contributed by atoms with van der Waals surface area (Å²) in [4.78, 5) is 2.68. The Morgan fingerprint density at radius 1 is 0.962 bits per heavy atom. The van der Waals surface area contributed by atoms with E-state index in [9.17, 15) is 8.42 Å². The molecule has 0 N–H and O–H groups in total. The van der Waals surface area contributed by atoms with Gasteiger partial charge in [-0.15, -0.1) is 0 Å². The van der Waals surface area contributed by atoms with Gasteiger partial charge in [0, 0.05) is 32.2 Å². The minimum absolute atomic E-state index is 0.481. The van der Waals surface area contributed by atoms with Crippen LogP contribution in [0.15, 0.2) is 21.6 Å². The third-order valence-corrected chi connectivity index (χ3v) is 7.46. The largest absolute Gasteiger partial charge is 0.360 e. The first kappa shape index (κ1) is 19.1. The Morgan fingerprint density at radius 2 is 1.54 bits per heavy atom. The van der Waals surface area contributed by atoms with E-state index in [1.807, 2.05) is 40.7 Å². The molecular weight excluding hydrogens is 350 g/mol. The highest BCUT2D eigenvalue weighted by Gasteiger charge is 2.32. The Balaban J connectivity index is 1.77. The molecular formula is C19H27N3O3S. The Labute approximate surface area is 155 Å². The maximum absolute atomic E-state index is 13.3. The second-order valence-electron chi connectivity index (χ2n) is 7.20. The van der Waals surface area contributed by atoms with Gasteiger partial charge in [-0.3, -0.25) is 4.90 Å². The standard InChI is InChI=1S/C19H27N3O3S/c1-13-10-14(2)17(5)19(16(13)4)26(23,24)22-8-6-21(7-9-22)12-18-11-15(3)20-25-18/h10-11H,6-9,12H2,1-5H3. The summed E-state index contributed by atoms with van der Waals surface area (Å²) in [6.07, 6.45) is 0. The van der Waals surface area contributed by atoms with E-state index < -0.39 is 10.0 Å². The fourth-order valence-electron chi connectivity index (χ4n) is 3.54. The third-order valence-electron chi connectivity index (χ3n) is 5.28. The van der Waals surface area contributed by atoms with Crippen molar-refractivity contribution in [3.05, 3.63) is 45.8 Å². The summed E-state index contributed by atoms with van der Waals surface area (Å²) in [5.41, 5.74) is 4.61. The zero-order chi connectivity index (χ0) is 19.1. The predicted octanol–water partition coefficient (Wildman–Crippen LogP) is 2.72. The zero-order valence-corrected chi connectivity index (χ0v) is 17.0. The molecule has 0 bridgehead atoms. The summed E-state index contributed by atoms with van der Waals surface area (Å²) in [7, 11) is -3.49. The van der Waals surface area contributed by atoms with Crippen LogP contribution < -0.4 is 0 Å². The van der Waals surface area contributed by atoms with Gasteiger partial charge >= 0.3 is 0 Å². The fraction of sp³-hybridized carbons (Fsp3) is 0.526. The van der Waals surface area contributed by atoms with Gasteiger partial charge in [-0.05, 0) is 56.9 Å².